The molecule has 1 amide bonds. The van der Waals surface area contributed by atoms with Crippen molar-refractivity contribution in [3.8, 4) is 0 Å². The summed E-state index contributed by atoms with van der Waals surface area (Å²) < 4.78 is 4.55. The van der Waals surface area contributed by atoms with Gasteiger partial charge in [-0.2, -0.15) is 0 Å². The molecule has 1 aliphatic carbocycles. The Morgan fingerprint density at radius 3 is 2.62 bits per heavy atom. The van der Waals surface area contributed by atoms with Crippen molar-refractivity contribution in [3.05, 3.63) is 11.6 Å². The second-order valence-electron chi connectivity index (χ2n) is 4.25. The first-order valence-corrected chi connectivity index (χ1v) is 5.59. The van der Waals surface area contributed by atoms with E-state index >= 15 is 0 Å². The largest absolute Gasteiger partial charge is 0.466 e. The summed E-state index contributed by atoms with van der Waals surface area (Å²) in [6, 6.07) is 0. The maximum absolute atomic E-state index is 11.6. The van der Waals surface area contributed by atoms with Crippen molar-refractivity contribution >= 4 is 11.9 Å². The average molecular weight is 225 g/mol. The van der Waals surface area contributed by atoms with Crippen molar-refractivity contribution in [2.24, 2.45) is 11.8 Å². The zero-order valence-corrected chi connectivity index (χ0v) is 10.1. The molecule has 4 nitrogen and oxygen atoms in total. The Hall–Kier alpha value is -1.32. The number of methoxy groups -OCH3 is 1. The van der Waals surface area contributed by atoms with Gasteiger partial charge in [0.25, 0.3) is 0 Å². The fraction of sp³-hybridized carbons (Fsp3) is 0.667. The number of ether oxygens (including phenoxy) is 1. The molecule has 16 heavy (non-hydrogen) atoms. The molecule has 1 aliphatic rings. The molecule has 4 heteroatoms. The van der Waals surface area contributed by atoms with Gasteiger partial charge >= 0.3 is 5.97 Å². The molecule has 0 spiro atoms. The van der Waals surface area contributed by atoms with Gasteiger partial charge in [-0.1, -0.05) is 13.0 Å². The highest BCUT2D eigenvalue weighted by atomic mass is 16.5. The van der Waals surface area contributed by atoms with E-state index < -0.39 is 0 Å². The molecule has 0 aliphatic heterocycles. The van der Waals surface area contributed by atoms with Crippen LogP contribution < -0.4 is 5.32 Å². The van der Waals surface area contributed by atoms with Crippen LogP contribution in [0, 0.1) is 11.8 Å². The van der Waals surface area contributed by atoms with Crippen molar-refractivity contribution in [1.82, 2.24) is 5.32 Å². The van der Waals surface area contributed by atoms with Crippen LogP contribution in [0.25, 0.3) is 0 Å². The maximum Gasteiger partial charge on any atom is 0.333 e. The summed E-state index contributed by atoms with van der Waals surface area (Å²) in [5, 5.41) is 2.79. The van der Waals surface area contributed by atoms with E-state index in [9.17, 15) is 9.59 Å². The molecule has 1 fully saturated rings. The molecule has 0 aromatic heterocycles. The Morgan fingerprint density at radius 1 is 1.50 bits per heavy atom. The first kappa shape index (κ1) is 12.7. The Kier molecular flexibility index (Phi) is 4.52. The van der Waals surface area contributed by atoms with Gasteiger partial charge in [-0.25, -0.2) is 4.79 Å². The Bertz CT molecular complexity index is 305. The van der Waals surface area contributed by atoms with Gasteiger partial charge in [-0.15, -0.1) is 0 Å². The molecule has 1 saturated carbocycles. The van der Waals surface area contributed by atoms with Crippen molar-refractivity contribution in [2.75, 3.05) is 13.7 Å². The van der Waals surface area contributed by atoms with Crippen LogP contribution in [-0.4, -0.2) is 25.5 Å². The molecular weight excluding hydrogens is 206 g/mol. The van der Waals surface area contributed by atoms with Crippen molar-refractivity contribution < 1.29 is 14.3 Å². The molecule has 90 valence electrons. The predicted molar refractivity (Wildman–Crippen MR) is 60.7 cm³/mol. The Balaban J connectivity index is 2.28. The highest BCUT2D eigenvalue weighted by molar-refractivity contribution is 5.87. The molecule has 0 aromatic carbocycles. The number of esters is 1. The number of hydrogen-bond acceptors (Lipinski definition) is 3. The summed E-state index contributed by atoms with van der Waals surface area (Å²) in [6.07, 6.45) is 3.99. The Labute approximate surface area is 96.0 Å². The van der Waals surface area contributed by atoms with Gasteiger partial charge in [0.2, 0.25) is 5.91 Å². The van der Waals surface area contributed by atoms with E-state index in [0.717, 1.165) is 12.8 Å². The number of amides is 1. The van der Waals surface area contributed by atoms with E-state index in [4.69, 9.17) is 0 Å². The van der Waals surface area contributed by atoms with Crippen molar-refractivity contribution in [1.29, 1.82) is 0 Å². The third kappa shape index (κ3) is 3.68. The number of hydrogen-bond donors (Lipinski definition) is 1. The molecule has 0 heterocycles. The number of carbonyl (C=O) groups is 2. The minimum absolute atomic E-state index is 0.0661. The molecular formula is C12H19NO3. The molecule has 0 radical (unpaired) electrons. The van der Waals surface area contributed by atoms with E-state index in [1.807, 2.05) is 6.92 Å². The summed E-state index contributed by atoms with van der Waals surface area (Å²) in [4.78, 5) is 22.6. The fourth-order valence-corrected chi connectivity index (χ4v) is 1.52. The number of carbonyl (C=O) groups excluding carboxylic acids is 2. The summed E-state index contributed by atoms with van der Waals surface area (Å²) in [6.45, 7) is 4.00. The first-order valence-electron chi connectivity index (χ1n) is 5.59. The maximum atomic E-state index is 11.6. The molecule has 0 saturated heterocycles. The lowest BCUT2D eigenvalue weighted by Gasteiger charge is -2.09. The minimum atomic E-state index is -0.357. The van der Waals surface area contributed by atoms with Gasteiger partial charge in [-0.3, -0.25) is 4.79 Å². The SMILES string of the molecule is COC(=O)/C(C)=C/CNC(=O)C(C)C1CC1. The quantitative estimate of drug-likeness (QED) is 0.566. The van der Waals surface area contributed by atoms with Gasteiger partial charge in [0.1, 0.15) is 0 Å². The van der Waals surface area contributed by atoms with Crippen molar-refractivity contribution in [2.45, 2.75) is 26.7 Å². The topological polar surface area (TPSA) is 55.4 Å². The molecule has 1 atom stereocenters. The first-order chi connectivity index (χ1) is 7.56. The smallest absolute Gasteiger partial charge is 0.333 e. The molecule has 0 bridgehead atoms. The molecule has 1 unspecified atom stereocenters. The average Bonchev–Trinajstić information content (AvgIpc) is 3.10. The Morgan fingerprint density at radius 2 is 2.12 bits per heavy atom. The van der Waals surface area contributed by atoms with E-state index in [2.05, 4.69) is 10.1 Å². The third-order valence-corrected chi connectivity index (χ3v) is 2.93. The highest BCUT2D eigenvalue weighted by Crippen LogP contribution is 2.36. The van der Waals surface area contributed by atoms with Crippen LogP contribution >= 0.6 is 0 Å². The van der Waals surface area contributed by atoms with Crippen LogP contribution in [0.2, 0.25) is 0 Å². The van der Waals surface area contributed by atoms with Crippen LogP contribution in [0.1, 0.15) is 26.7 Å². The van der Waals surface area contributed by atoms with Gasteiger partial charge in [-0.05, 0) is 25.7 Å². The lowest BCUT2D eigenvalue weighted by atomic mass is 10.1. The lowest BCUT2D eigenvalue weighted by Crippen LogP contribution is -2.30. The van der Waals surface area contributed by atoms with Gasteiger partial charge in [0, 0.05) is 18.0 Å². The highest BCUT2D eigenvalue weighted by Gasteiger charge is 2.32. The zero-order chi connectivity index (χ0) is 12.1. The van der Waals surface area contributed by atoms with Crippen LogP contribution in [0.4, 0.5) is 0 Å². The standard InChI is InChI=1S/C12H19NO3/c1-8(12(15)16-3)6-7-13-11(14)9(2)10-4-5-10/h6,9-10H,4-5,7H2,1-3H3,(H,13,14)/b8-6+. The van der Waals surface area contributed by atoms with E-state index in [1.54, 1.807) is 13.0 Å². The van der Waals surface area contributed by atoms with E-state index in [-0.39, 0.29) is 17.8 Å². The van der Waals surface area contributed by atoms with Crippen LogP contribution in [-0.2, 0) is 14.3 Å². The second-order valence-corrected chi connectivity index (χ2v) is 4.25. The predicted octanol–water partition coefficient (Wildman–Crippen LogP) is 1.27. The van der Waals surface area contributed by atoms with E-state index in [0.29, 0.717) is 18.0 Å². The third-order valence-electron chi connectivity index (χ3n) is 2.93. The minimum Gasteiger partial charge on any atom is -0.466 e. The second kappa shape index (κ2) is 5.68. The molecule has 1 N–H and O–H groups in total. The summed E-state index contributed by atoms with van der Waals surface area (Å²) in [5.41, 5.74) is 0.516. The fourth-order valence-electron chi connectivity index (χ4n) is 1.52. The van der Waals surface area contributed by atoms with Crippen LogP contribution in [0.3, 0.4) is 0 Å². The summed E-state index contributed by atoms with van der Waals surface area (Å²) in [5.74, 6) is 0.360. The van der Waals surface area contributed by atoms with Gasteiger partial charge in [0.15, 0.2) is 0 Å². The molecule has 0 aromatic rings. The normalized spacial score (nSPS) is 17.8. The zero-order valence-electron chi connectivity index (χ0n) is 10.1. The van der Waals surface area contributed by atoms with Crippen LogP contribution in [0.5, 0.6) is 0 Å². The van der Waals surface area contributed by atoms with Crippen LogP contribution in [0.15, 0.2) is 11.6 Å². The van der Waals surface area contributed by atoms with Crippen molar-refractivity contribution in [3.63, 3.8) is 0 Å². The lowest BCUT2D eigenvalue weighted by molar-refractivity contribution is -0.136. The number of nitrogens with one attached hydrogen (secondary N) is 1. The number of rotatable bonds is 5. The van der Waals surface area contributed by atoms with E-state index in [1.165, 1.54) is 7.11 Å². The summed E-state index contributed by atoms with van der Waals surface area (Å²) >= 11 is 0. The monoisotopic (exact) mass is 225 g/mol. The summed E-state index contributed by atoms with van der Waals surface area (Å²) in [7, 11) is 1.34. The van der Waals surface area contributed by atoms with Gasteiger partial charge in [0.05, 0.1) is 7.11 Å². The molecule has 1 rings (SSSR count). The van der Waals surface area contributed by atoms with Gasteiger partial charge < -0.3 is 10.1 Å².